The molecule has 2 heterocycles. The minimum absolute atomic E-state index is 0.254. The summed E-state index contributed by atoms with van der Waals surface area (Å²) in [4.78, 5) is 11.4. The Labute approximate surface area is 101 Å². The van der Waals surface area contributed by atoms with E-state index in [9.17, 15) is 9.18 Å². The number of nitrogens with zero attached hydrogens (tertiary/aromatic N) is 2. The number of halogens is 1. The van der Waals surface area contributed by atoms with E-state index < -0.39 is 11.4 Å². The molecule has 3 aromatic rings. The fourth-order valence-corrected chi connectivity index (χ4v) is 1.90. The number of rotatable bonds is 2. The highest BCUT2D eigenvalue weighted by Crippen LogP contribution is 2.18. The zero-order valence-electron chi connectivity index (χ0n) is 9.34. The van der Waals surface area contributed by atoms with Gasteiger partial charge in [0.05, 0.1) is 6.54 Å². The van der Waals surface area contributed by atoms with Crippen LogP contribution < -0.4 is 5.63 Å². The molecule has 1 aromatic carbocycles. The third-order valence-corrected chi connectivity index (χ3v) is 2.68. The van der Waals surface area contributed by atoms with Crippen LogP contribution in [0.5, 0.6) is 0 Å². The molecule has 0 radical (unpaired) electrons. The van der Waals surface area contributed by atoms with Crippen molar-refractivity contribution in [3.63, 3.8) is 0 Å². The van der Waals surface area contributed by atoms with Crippen molar-refractivity contribution in [1.29, 1.82) is 0 Å². The number of aromatic nitrogens is 2. The predicted molar refractivity (Wildman–Crippen MR) is 63.8 cm³/mol. The summed E-state index contributed by atoms with van der Waals surface area (Å²) in [5.74, 6) is -0.429. The van der Waals surface area contributed by atoms with E-state index in [1.807, 2.05) is 0 Å². The molecule has 0 saturated heterocycles. The van der Waals surface area contributed by atoms with Crippen LogP contribution in [0.15, 0.2) is 51.9 Å². The lowest BCUT2D eigenvalue weighted by Crippen LogP contribution is -2.06. The zero-order chi connectivity index (χ0) is 12.5. The van der Waals surface area contributed by atoms with Gasteiger partial charge in [-0.05, 0) is 23.8 Å². The van der Waals surface area contributed by atoms with Gasteiger partial charge >= 0.3 is 5.63 Å². The molecule has 0 amide bonds. The zero-order valence-corrected chi connectivity index (χ0v) is 9.34. The maximum Gasteiger partial charge on any atom is 0.336 e. The molecule has 0 aliphatic rings. The van der Waals surface area contributed by atoms with Gasteiger partial charge in [-0.25, -0.2) is 9.18 Å². The van der Waals surface area contributed by atoms with Gasteiger partial charge in [-0.1, -0.05) is 0 Å². The minimum atomic E-state index is -0.491. The molecule has 0 saturated carbocycles. The van der Waals surface area contributed by atoms with Crippen molar-refractivity contribution in [3.8, 4) is 0 Å². The van der Waals surface area contributed by atoms with Gasteiger partial charge in [0.15, 0.2) is 0 Å². The quantitative estimate of drug-likeness (QED) is 0.649. The average molecular weight is 244 g/mol. The first-order valence-corrected chi connectivity index (χ1v) is 5.42. The van der Waals surface area contributed by atoms with E-state index in [4.69, 9.17) is 4.42 Å². The Kier molecular flexibility index (Phi) is 2.44. The monoisotopic (exact) mass is 244 g/mol. The topological polar surface area (TPSA) is 48.0 Å². The lowest BCUT2D eigenvalue weighted by molar-refractivity contribution is 0.550. The van der Waals surface area contributed by atoms with Crippen LogP contribution in [0.25, 0.3) is 11.0 Å². The Morgan fingerprint density at radius 3 is 3.00 bits per heavy atom. The molecule has 0 bridgehead atoms. The Balaban J connectivity index is 2.18. The molecule has 0 unspecified atom stereocenters. The molecule has 4 nitrogen and oxygen atoms in total. The highest BCUT2D eigenvalue weighted by molar-refractivity contribution is 5.80. The summed E-state index contributed by atoms with van der Waals surface area (Å²) >= 11 is 0. The van der Waals surface area contributed by atoms with Crippen LogP contribution in [0, 0.1) is 5.82 Å². The van der Waals surface area contributed by atoms with Gasteiger partial charge in [0.2, 0.25) is 0 Å². The number of hydrogen-bond acceptors (Lipinski definition) is 3. The summed E-state index contributed by atoms with van der Waals surface area (Å²) in [7, 11) is 0. The smallest absolute Gasteiger partial charge is 0.336 e. The maximum atomic E-state index is 13.1. The Morgan fingerprint density at radius 1 is 1.33 bits per heavy atom. The molecule has 90 valence electrons. The number of hydrogen-bond donors (Lipinski definition) is 0. The third-order valence-electron chi connectivity index (χ3n) is 2.68. The SMILES string of the molecule is O=c1cc(Cn2cccn2)c2ccc(F)cc2o1. The van der Waals surface area contributed by atoms with E-state index in [2.05, 4.69) is 5.10 Å². The summed E-state index contributed by atoms with van der Waals surface area (Å²) in [5.41, 5.74) is 0.518. The van der Waals surface area contributed by atoms with Crippen molar-refractivity contribution < 1.29 is 8.81 Å². The summed E-state index contributed by atoms with van der Waals surface area (Å²) in [5, 5.41) is 4.79. The molecule has 0 aliphatic heterocycles. The van der Waals surface area contributed by atoms with Crippen LogP contribution in [0.3, 0.4) is 0 Å². The van der Waals surface area contributed by atoms with Gasteiger partial charge in [0, 0.05) is 29.9 Å². The fraction of sp³-hybridized carbons (Fsp3) is 0.0769. The van der Waals surface area contributed by atoms with Gasteiger partial charge in [-0.3, -0.25) is 4.68 Å². The van der Waals surface area contributed by atoms with Crippen molar-refractivity contribution in [2.24, 2.45) is 0 Å². The molecular formula is C13H9FN2O2. The van der Waals surface area contributed by atoms with Crippen LogP contribution in [-0.4, -0.2) is 9.78 Å². The summed E-state index contributed by atoms with van der Waals surface area (Å²) < 4.78 is 19.8. The molecule has 2 aromatic heterocycles. The molecule has 18 heavy (non-hydrogen) atoms. The molecule has 0 fully saturated rings. The molecule has 0 atom stereocenters. The van der Waals surface area contributed by atoms with Crippen LogP contribution in [0.1, 0.15) is 5.56 Å². The molecule has 0 N–H and O–H groups in total. The highest BCUT2D eigenvalue weighted by Gasteiger charge is 2.07. The second kappa shape index (κ2) is 4.10. The van der Waals surface area contributed by atoms with E-state index in [-0.39, 0.29) is 5.58 Å². The second-order valence-corrected chi connectivity index (χ2v) is 3.93. The van der Waals surface area contributed by atoms with Gasteiger partial charge < -0.3 is 4.42 Å². The Morgan fingerprint density at radius 2 is 2.22 bits per heavy atom. The lowest BCUT2D eigenvalue weighted by atomic mass is 10.1. The van der Waals surface area contributed by atoms with Crippen LogP contribution >= 0.6 is 0 Å². The van der Waals surface area contributed by atoms with Crippen LogP contribution in [0.2, 0.25) is 0 Å². The third kappa shape index (κ3) is 1.90. The van der Waals surface area contributed by atoms with Crippen molar-refractivity contribution in [3.05, 3.63) is 64.5 Å². The van der Waals surface area contributed by atoms with E-state index in [1.165, 1.54) is 18.2 Å². The second-order valence-electron chi connectivity index (χ2n) is 3.93. The molecule has 0 aliphatic carbocycles. The first-order valence-electron chi connectivity index (χ1n) is 5.42. The number of benzene rings is 1. The number of fused-ring (bicyclic) bond motifs is 1. The summed E-state index contributed by atoms with van der Waals surface area (Å²) in [6.45, 7) is 0.445. The predicted octanol–water partition coefficient (Wildman–Crippen LogP) is 2.18. The first kappa shape index (κ1) is 10.7. The maximum absolute atomic E-state index is 13.1. The fourth-order valence-electron chi connectivity index (χ4n) is 1.90. The van der Waals surface area contributed by atoms with Crippen LogP contribution in [0.4, 0.5) is 4.39 Å². The van der Waals surface area contributed by atoms with E-state index in [0.717, 1.165) is 5.56 Å². The summed E-state index contributed by atoms with van der Waals surface area (Å²) in [6, 6.07) is 7.36. The normalized spacial score (nSPS) is 10.9. The van der Waals surface area contributed by atoms with Gasteiger partial charge in [-0.15, -0.1) is 0 Å². The van der Waals surface area contributed by atoms with Crippen LogP contribution in [-0.2, 0) is 6.54 Å². The standard InChI is InChI=1S/C13H9FN2O2/c14-10-2-3-11-9(8-16-5-1-4-15-16)6-13(17)18-12(11)7-10/h1-7H,8H2. The average Bonchev–Trinajstić information content (AvgIpc) is 2.80. The van der Waals surface area contributed by atoms with E-state index in [1.54, 1.807) is 29.2 Å². The largest absolute Gasteiger partial charge is 0.423 e. The van der Waals surface area contributed by atoms with Gasteiger partial charge in [0.1, 0.15) is 11.4 Å². The Bertz CT molecular complexity index is 747. The molecule has 5 heteroatoms. The molecule has 3 rings (SSSR count). The molecule has 0 spiro atoms. The summed E-state index contributed by atoms with van der Waals surface area (Å²) in [6.07, 6.45) is 3.46. The van der Waals surface area contributed by atoms with E-state index in [0.29, 0.717) is 11.9 Å². The van der Waals surface area contributed by atoms with Gasteiger partial charge in [0.25, 0.3) is 0 Å². The highest BCUT2D eigenvalue weighted by atomic mass is 19.1. The minimum Gasteiger partial charge on any atom is -0.423 e. The lowest BCUT2D eigenvalue weighted by Gasteiger charge is -2.05. The Hall–Kier alpha value is -2.43. The molecular weight excluding hydrogens is 235 g/mol. The van der Waals surface area contributed by atoms with Crippen molar-refractivity contribution in [1.82, 2.24) is 9.78 Å². The van der Waals surface area contributed by atoms with Crippen molar-refractivity contribution in [2.75, 3.05) is 0 Å². The van der Waals surface area contributed by atoms with Gasteiger partial charge in [-0.2, -0.15) is 5.10 Å². The van der Waals surface area contributed by atoms with Crippen molar-refractivity contribution in [2.45, 2.75) is 6.54 Å². The first-order chi connectivity index (χ1) is 8.72. The van der Waals surface area contributed by atoms with Crippen molar-refractivity contribution >= 4 is 11.0 Å². The van der Waals surface area contributed by atoms with E-state index >= 15 is 0 Å².